The van der Waals surface area contributed by atoms with E-state index >= 15 is 0 Å². The molecule has 1 atom stereocenters. The average Bonchev–Trinajstić information content (AvgIpc) is 2.30. The Morgan fingerprint density at radius 3 is 2.42 bits per heavy atom. The largest absolute Gasteiger partial charge is 0.481 e. The minimum atomic E-state index is -0.822. The van der Waals surface area contributed by atoms with E-state index in [-0.39, 0.29) is 24.5 Å². The number of carboxylic acid groups (broad SMARTS) is 1. The number of hydrogen-bond acceptors (Lipinski definition) is 3. The molecule has 5 nitrogen and oxygen atoms in total. The summed E-state index contributed by atoms with van der Waals surface area (Å²) in [6.07, 6.45) is 0.580. The standard InChI is InChI=1S/C13H26N2O3S/c1-5-19-9-11(4)14-13(18)15(10(2)3)8-6-7-12(16)17/h10-11H,5-9H2,1-4H3,(H,14,18)(H,16,17). The lowest BCUT2D eigenvalue weighted by molar-refractivity contribution is -0.137. The first-order valence-corrected chi connectivity index (χ1v) is 7.90. The number of thioether (sulfide) groups is 1. The van der Waals surface area contributed by atoms with Crippen molar-refractivity contribution in [2.24, 2.45) is 0 Å². The van der Waals surface area contributed by atoms with Gasteiger partial charge in [-0.1, -0.05) is 6.92 Å². The first-order valence-electron chi connectivity index (χ1n) is 6.75. The molecule has 0 radical (unpaired) electrons. The van der Waals surface area contributed by atoms with Crippen LogP contribution in [0.1, 0.15) is 40.5 Å². The minimum Gasteiger partial charge on any atom is -0.481 e. The molecule has 0 aliphatic heterocycles. The molecule has 0 heterocycles. The monoisotopic (exact) mass is 290 g/mol. The maximum Gasteiger partial charge on any atom is 0.317 e. The first-order chi connectivity index (χ1) is 8.88. The summed E-state index contributed by atoms with van der Waals surface area (Å²) in [7, 11) is 0. The summed E-state index contributed by atoms with van der Waals surface area (Å²) >= 11 is 1.79. The van der Waals surface area contributed by atoms with E-state index in [0.29, 0.717) is 13.0 Å². The lowest BCUT2D eigenvalue weighted by atomic mass is 10.2. The molecule has 0 aromatic rings. The van der Waals surface area contributed by atoms with E-state index in [1.807, 2.05) is 20.8 Å². The summed E-state index contributed by atoms with van der Waals surface area (Å²) in [5.41, 5.74) is 0. The van der Waals surface area contributed by atoms with Crippen LogP contribution >= 0.6 is 11.8 Å². The predicted octanol–water partition coefficient (Wildman–Crippen LogP) is 2.41. The number of carboxylic acids is 1. The summed E-state index contributed by atoms with van der Waals surface area (Å²) < 4.78 is 0. The van der Waals surface area contributed by atoms with Gasteiger partial charge in [0.1, 0.15) is 0 Å². The highest BCUT2D eigenvalue weighted by Gasteiger charge is 2.18. The predicted molar refractivity (Wildman–Crippen MR) is 79.7 cm³/mol. The van der Waals surface area contributed by atoms with Crippen molar-refractivity contribution in [3.8, 4) is 0 Å². The molecule has 0 bridgehead atoms. The number of amides is 2. The van der Waals surface area contributed by atoms with E-state index in [1.165, 1.54) is 0 Å². The Hall–Kier alpha value is -0.910. The zero-order chi connectivity index (χ0) is 14.8. The van der Waals surface area contributed by atoms with Gasteiger partial charge in [-0.15, -0.1) is 0 Å². The smallest absolute Gasteiger partial charge is 0.317 e. The number of aliphatic carboxylic acids is 1. The lowest BCUT2D eigenvalue weighted by Gasteiger charge is -2.28. The van der Waals surface area contributed by atoms with E-state index in [2.05, 4.69) is 12.2 Å². The van der Waals surface area contributed by atoms with E-state index in [0.717, 1.165) is 11.5 Å². The molecule has 112 valence electrons. The number of nitrogens with zero attached hydrogens (tertiary/aromatic N) is 1. The van der Waals surface area contributed by atoms with E-state index in [4.69, 9.17) is 5.11 Å². The Morgan fingerprint density at radius 1 is 1.32 bits per heavy atom. The van der Waals surface area contributed by atoms with Gasteiger partial charge in [0.25, 0.3) is 0 Å². The second kappa shape index (κ2) is 9.95. The van der Waals surface area contributed by atoms with Crippen LogP contribution in [-0.2, 0) is 4.79 Å². The number of carbonyl (C=O) groups excluding carboxylic acids is 1. The van der Waals surface area contributed by atoms with Crippen LogP contribution in [0.25, 0.3) is 0 Å². The van der Waals surface area contributed by atoms with E-state index in [1.54, 1.807) is 16.7 Å². The molecule has 0 spiro atoms. The van der Waals surface area contributed by atoms with Gasteiger partial charge in [-0.2, -0.15) is 11.8 Å². The highest BCUT2D eigenvalue weighted by atomic mass is 32.2. The average molecular weight is 290 g/mol. The maximum absolute atomic E-state index is 12.1. The van der Waals surface area contributed by atoms with Gasteiger partial charge in [0.05, 0.1) is 0 Å². The van der Waals surface area contributed by atoms with Gasteiger partial charge in [0.2, 0.25) is 0 Å². The quantitative estimate of drug-likeness (QED) is 0.684. The van der Waals surface area contributed by atoms with Gasteiger partial charge in [-0.05, 0) is 32.9 Å². The van der Waals surface area contributed by atoms with Crippen molar-refractivity contribution in [3.05, 3.63) is 0 Å². The number of carbonyl (C=O) groups is 2. The molecule has 2 amide bonds. The van der Waals surface area contributed by atoms with E-state index in [9.17, 15) is 9.59 Å². The highest BCUT2D eigenvalue weighted by molar-refractivity contribution is 7.99. The molecule has 0 saturated heterocycles. The van der Waals surface area contributed by atoms with Gasteiger partial charge in [0, 0.05) is 30.8 Å². The summed E-state index contributed by atoms with van der Waals surface area (Å²) in [6.45, 7) is 8.42. The summed E-state index contributed by atoms with van der Waals surface area (Å²) in [6, 6.07) is 0.0857. The fourth-order valence-electron chi connectivity index (χ4n) is 1.62. The maximum atomic E-state index is 12.1. The van der Waals surface area contributed by atoms with Crippen molar-refractivity contribution in [3.63, 3.8) is 0 Å². The first kappa shape index (κ1) is 18.1. The van der Waals surface area contributed by atoms with Crippen molar-refractivity contribution in [1.82, 2.24) is 10.2 Å². The van der Waals surface area contributed by atoms with Crippen LogP contribution in [0, 0.1) is 0 Å². The second-order valence-corrected chi connectivity index (χ2v) is 6.11. The van der Waals surface area contributed by atoms with Crippen molar-refractivity contribution < 1.29 is 14.7 Å². The zero-order valence-electron chi connectivity index (χ0n) is 12.3. The van der Waals surface area contributed by atoms with Crippen LogP contribution < -0.4 is 5.32 Å². The Bertz CT molecular complexity index is 285. The van der Waals surface area contributed by atoms with Crippen molar-refractivity contribution in [2.75, 3.05) is 18.1 Å². The van der Waals surface area contributed by atoms with Crippen LogP contribution in [0.2, 0.25) is 0 Å². The molecular formula is C13H26N2O3S. The Labute approximate surface area is 120 Å². The topological polar surface area (TPSA) is 69.6 Å². The second-order valence-electron chi connectivity index (χ2n) is 4.79. The molecule has 19 heavy (non-hydrogen) atoms. The lowest BCUT2D eigenvalue weighted by Crippen LogP contribution is -2.48. The molecule has 6 heteroatoms. The summed E-state index contributed by atoms with van der Waals surface area (Å²) in [5.74, 6) is 1.10. The van der Waals surface area contributed by atoms with Crippen LogP contribution in [0.3, 0.4) is 0 Å². The number of rotatable bonds is 9. The van der Waals surface area contributed by atoms with E-state index < -0.39 is 5.97 Å². The summed E-state index contributed by atoms with van der Waals surface area (Å²) in [5, 5.41) is 11.6. The van der Waals surface area contributed by atoms with Crippen molar-refractivity contribution in [2.45, 2.75) is 52.6 Å². The molecule has 0 aromatic heterocycles. The van der Waals surface area contributed by atoms with Gasteiger partial charge in [-0.25, -0.2) is 4.79 Å². The van der Waals surface area contributed by atoms with Gasteiger partial charge < -0.3 is 15.3 Å². The van der Waals surface area contributed by atoms with Crippen LogP contribution in [0.4, 0.5) is 4.79 Å². The zero-order valence-corrected chi connectivity index (χ0v) is 13.1. The fraction of sp³-hybridized carbons (Fsp3) is 0.846. The van der Waals surface area contributed by atoms with Crippen LogP contribution in [0.15, 0.2) is 0 Å². The molecule has 0 fully saturated rings. The molecule has 0 aliphatic carbocycles. The molecule has 1 unspecified atom stereocenters. The minimum absolute atomic E-state index is 0.0693. The number of urea groups is 1. The molecule has 0 aliphatic rings. The molecule has 0 rings (SSSR count). The van der Waals surface area contributed by atoms with Crippen molar-refractivity contribution in [1.29, 1.82) is 0 Å². The molecule has 2 N–H and O–H groups in total. The Kier molecular flexibility index (Phi) is 9.47. The molecule has 0 aromatic carbocycles. The number of nitrogens with one attached hydrogen (secondary N) is 1. The van der Waals surface area contributed by atoms with Gasteiger partial charge in [-0.3, -0.25) is 4.79 Å². The van der Waals surface area contributed by atoms with Crippen LogP contribution in [0.5, 0.6) is 0 Å². The Morgan fingerprint density at radius 2 is 1.95 bits per heavy atom. The third kappa shape index (κ3) is 8.75. The normalized spacial score (nSPS) is 12.3. The van der Waals surface area contributed by atoms with Crippen LogP contribution in [-0.4, -0.2) is 52.1 Å². The SMILES string of the molecule is CCSCC(C)NC(=O)N(CCCC(=O)O)C(C)C. The van der Waals surface area contributed by atoms with Gasteiger partial charge in [0.15, 0.2) is 0 Å². The third-order valence-corrected chi connectivity index (χ3v) is 3.76. The highest BCUT2D eigenvalue weighted by Crippen LogP contribution is 2.05. The Balaban J connectivity index is 4.21. The summed E-state index contributed by atoms with van der Waals surface area (Å²) in [4.78, 5) is 24.3. The fourth-order valence-corrected chi connectivity index (χ4v) is 2.30. The van der Waals surface area contributed by atoms with Gasteiger partial charge >= 0.3 is 12.0 Å². The third-order valence-electron chi connectivity index (χ3n) is 2.62. The molecule has 0 saturated carbocycles. The number of hydrogen-bond donors (Lipinski definition) is 2. The van der Waals surface area contributed by atoms with Crippen molar-refractivity contribution >= 4 is 23.8 Å². The molecular weight excluding hydrogens is 264 g/mol.